The van der Waals surface area contributed by atoms with Crippen molar-refractivity contribution in [1.82, 2.24) is 14.4 Å². The van der Waals surface area contributed by atoms with E-state index >= 15 is 0 Å². The predicted octanol–water partition coefficient (Wildman–Crippen LogP) is 2.67. The second-order valence-corrected chi connectivity index (χ2v) is 8.86. The molecule has 1 aliphatic carbocycles. The molecule has 142 valence electrons. The number of nitrogens with two attached hydrogens (primary N) is 1. The molecule has 0 radical (unpaired) electrons. The van der Waals surface area contributed by atoms with Gasteiger partial charge in [0.1, 0.15) is 0 Å². The zero-order valence-electron chi connectivity index (χ0n) is 14.4. The van der Waals surface area contributed by atoms with Gasteiger partial charge in [-0.25, -0.2) is 8.42 Å². The molecule has 26 heavy (non-hydrogen) atoms. The average Bonchev–Trinajstić information content (AvgIpc) is 3.11. The molecule has 1 aromatic heterocycles. The van der Waals surface area contributed by atoms with Gasteiger partial charge in [0.05, 0.1) is 10.4 Å². The molecule has 1 saturated heterocycles. The van der Waals surface area contributed by atoms with Crippen LogP contribution in [0, 0.1) is 0 Å². The van der Waals surface area contributed by atoms with Crippen molar-refractivity contribution >= 4 is 22.4 Å². The number of nitrogens with zero attached hydrogens (tertiary/aromatic N) is 3. The molecule has 1 aliphatic heterocycles. The molecule has 2 N–H and O–H groups in total. The van der Waals surface area contributed by atoms with E-state index in [1.165, 1.54) is 0 Å². The number of rotatable bonds is 4. The normalized spacial score (nSPS) is 20.2. The average molecular weight is 399 g/mol. The van der Waals surface area contributed by atoms with Gasteiger partial charge in [-0.1, -0.05) is 11.6 Å². The van der Waals surface area contributed by atoms with Gasteiger partial charge in [0.25, 0.3) is 5.89 Å². The molecule has 1 saturated carbocycles. The van der Waals surface area contributed by atoms with E-state index in [9.17, 15) is 8.42 Å². The maximum atomic E-state index is 12.7. The molecule has 2 aliphatic rings. The molecule has 0 unspecified atom stereocenters. The molecule has 4 rings (SSSR count). The minimum atomic E-state index is -3.43. The van der Waals surface area contributed by atoms with Crippen LogP contribution in [0.25, 0.3) is 11.5 Å². The van der Waals surface area contributed by atoms with E-state index in [0.29, 0.717) is 35.3 Å². The summed E-state index contributed by atoms with van der Waals surface area (Å²) in [4.78, 5) is 4.69. The van der Waals surface area contributed by atoms with Crippen LogP contribution in [0.1, 0.15) is 44.3 Å². The second-order valence-electron chi connectivity index (χ2n) is 6.92. The van der Waals surface area contributed by atoms with Crippen molar-refractivity contribution < 1.29 is 12.9 Å². The molecule has 0 spiro atoms. The first-order valence-electron chi connectivity index (χ1n) is 8.73. The van der Waals surface area contributed by atoms with Gasteiger partial charge in [0, 0.05) is 18.7 Å². The van der Waals surface area contributed by atoms with Crippen molar-refractivity contribution in [2.75, 3.05) is 13.1 Å². The molecule has 7 nitrogen and oxygen atoms in total. The molecule has 2 aromatic rings. The highest BCUT2D eigenvalue weighted by Crippen LogP contribution is 2.37. The molecule has 0 amide bonds. The third kappa shape index (κ3) is 3.38. The minimum Gasteiger partial charge on any atom is -0.334 e. The van der Waals surface area contributed by atoms with E-state index < -0.39 is 15.6 Å². The van der Waals surface area contributed by atoms with Crippen molar-refractivity contribution in [2.45, 2.75) is 49.0 Å². The lowest BCUT2D eigenvalue weighted by molar-refractivity contribution is 0.229. The number of sulfonamides is 1. The number of piperidine rings is 1. The van der Waals surface area contributed by atoms with E-state index in [2.05, 4.69) is 10.1 Å². The maximum absolute atomic E-state index is 12.7. The fraction of sp³-hybridized carbons (Fsp3) is 0.529. The highest BCUT2D eigenvalue weighted by atomic mass is 35.5. The van der Waals surface area contributed by atoms with Gasteiger partial charge in [0.2, 0.25) is 10.0 Å². The van der Waals surface area contributed by atoms with Gasteiger partial charge in [-0.15, -0.1) is 12.4 Å². The van der Waals surface area contributed by atoms with E-state index in [1.54, 1.807) is 28.6 Å². The Bertz CT molecular complexity index is 856. The molecule has 2 fully saturated rings. The van der Waals surface area contributed by atoms with E-state index in [0.717, 1.165) is 38.5 Å². The summed E-state index contributed by atoms with van der Waals surface area (Å²) in [6, 6.07) is 6.62. The van der Waals surface area contributed by atoms with Gasteiger partial charge in [-0.3, -0.25) is 0 Å². The Kier molecular flexibility index (Phi) is 5.39. The standard InChI is InChI=1S/C17H22N4O3S.ClH/c18-17(9-4-10-17)16-19-15(24-20-16)13-5-7-14(8-6-13)25(22,23)21-11-2-1-3-12-21;/h5-8H,1-4,9-12,18H2;1H. The summed E-state index contributed by atoms with van der Waals surface area (Å²) >= 11 is 0. The fourth-order valence-electron chi connectivity index (χ4n) is 3.35. The van der Waals surface area contributed by atoms with Crippen LogP contribution in [0.2, 0.25) is 0 Å². The predicted molar refractivity (Wildman–Crippen MR) is 99.3 cm³/mol. The van der Waals surface area contributed by atoms with Crippen LogP contribution in [-0.4, -0.2) is 36.0 Å². The zero-order chi connectivity index (χ0) is 17.5. The summed E-state index contributed by atoms with van der Waals surface area (Å²) < 4.78 is 32.2. The number of halogens is 1. The van der Waals surface area contributed by atoms with Crippen molar-refractivity contribution in [2.24, 2.45) is 5.73 Å². The third-order valence-electron chi connectivity index (χ3n) is 5.17. The van der Waals surface area contributed by atoms with Gasteiger partial charge >= 0.3 is 0 Å². The Labute approximate surface area is 159 Å². The summed E-state index contributed by atoms with van der Waals surface area (Å²) in [5.41, 5.74) is 6.43. The van der Waals surface area contributed by atoms with Gasteiger partial charge < -0.3 is 10.3 Å². The molecule has 0 bridgehead atoms. The molecular weight excluding hydrogens is 376 g/mol. The summed E-state index contributed by atoms with van der Waals surface area (Å²) in [6.45, 7) is 1.19. The van der Waals surface area contributed by atoms with Crippen LogP contribution < -0.4 is 5.73 Å². The zero-order valence-corrected chi connectivity index (χ0v) is 16.1. The van der Waals surface area contributed by atoms with Crippen molar-refractivity contribution in [3.8, 4) is 11.5 Å². The number of benzene rings is 1. The van der Waals surface area contributed by atoms with Crippen LogP contribution in [0.4, 0.5) is 0 Å². The summed E-state index contributed by atoms with van der Waals surface area (Å²) in [7, 11) is -3.43. The number of aromatic nitrogens is 2. The first kappa shape index (κ1) is 19.3. The highest BCUT2D eigenvalue weighted by molar-refractivity contribution is 7.89. The van der Waals surface area contributed by atoms with Crippen molar-refractivity contribution in [3.05, 3.63) is 30.1 Å². The van der Waals surface area contributed by atoms with Crippen LogP contribution in [-0.2, 0) is 15.6 Å². The van der Waals surface area contributed by atoms with E-state index in [1.807, 2.05) is 0 Å². The fourth-order valence-corrected chi connectivity index (χ4v) is 4.87. The SMILES string of the molecule is Cl.NC1(c2noc(-c3ccc(S(=O)(=O)N4CCCCC4)cc3)n2)CCC1. The summed E-state index contributed by atoms with van der Waals surface area (Å²) in [6.07, 6.45) is 5.72. The second kappa shape index (κ2) is 7.26. The molecule has 1 aromatic carbocycles. The van der Waals surface area contributed by atoms with E-state index in [-0.39, 0.29) is 12.4 Å². The van der Waals surface area contributed by atoms with Crippen LogP contribution in [0.15, 0.2) is 33.7 Å². The van der Waals surface area contributed by atoms with Crippen LogP contribution in [0.5, 0.6) is 0 Å². The maximum Gasteiger partial charge on any atom is 0.257 e. The van der Waals surface area contributed by atoms with Gasteiger partial charge in [-0.05, 0) is 56.4 Å². The van der Waals surface area contributed by atoms with Crippen molar-refractivity contribution in [1.29, 1.82) is 0 Å². The Morgan fingerprint density at radius 3 is 2.27 bits per heavy atom. The van der Waals surface area contributed by atoms with Crippen LogP contribution >= 0.6 is 12.4 Å². The monoisotopic (exact) mass is 398 g/mol. The molecule has 2 heterocycles. The number of hydrogen-bond donors (Lipinski definition) is 1. The van der Waals surface area contributed by atoms with E-state index in [4.69, 9.17) is 10.3 Å². The van der Waals surface area contributed by atoms with Gasteiger partial charge in [-0.2, -0.15) is 9.29 Å². The Morgan fingerprint density at radius 1 is 1.04 bits per heavy atom. The van der Waals surface area contributed by atoms with Gasteiger partial charge in [0.15, 0.2) is 5.82 Å². The third-order valence-corrected chi connectivity index (χ3v) is 7.08. The minimum absolute atomic E-state index is 0. The van der Waals surface area contributed by atoms with Crippen molar-refractivity contribution in [3.63, 3.8) is 0 Å². The lowest BCUT2D eigenvalue weighted by Gasteiger charge is -2.34. The Hall–Kier alpha value is -1.48. The summed E-state index contributed by atoms with van der Waals surface area (Å²) in [5.74, 6) is 0.896. The lowest BCUT2D eigenvalue weighted by Crippen LogP contribution is -2.44. The molecule has 9 heteroatoms. The quantitative estimate of drug-likeness (QED) is 0.849. The molecular formula is C17H23ClN4O3S. The summed E-state index contributed by atoms with van der Waals surface area (Å²) in [5, 5.41) is 3.99. The Balaban J connectivity index is 0.00000196. The Morgan fingerprint density at radius 2 is 1.69 bits per heavy atom. The number of hydrogen-bond acceptors (Lipinski definition) is 6. The first-order valence-corrected chi connectivity index (χ1v) is 10.2. The topological polar surface area (TPSA) is 102 Å². The van der Waals surface area contributed by atoms with Crippen LogP contribution in [0.3, 0.4) is 0 Å². The first-order chi connectivity index (χ1) is 12.0. The largest absolute Gasteiger partial charge is 0.334 e. The highest BCUT2D eigenvalue weighted by Gasteiger charge is 2.39. The lowest BCUT2D eigenvalue weighted by atomic mass is 9.77. The molecule has 0 atom stereocenters. The smallest absolute Gasteiger partial charge is 0.257 e.